The molecule has 3 aromatic rings. The highest BCUT2D eigenvalue weighted by Gasteiger charge is 2.31. The number of anilines is 1. The number of aromatic nitrogens is 5. The Morgan fingerprint density at radius 1 is 1.36 bits per heavy atom. The molecule has 2 aromatic heterocycles. The predicted octanol–water partition coefficient (Wildman–Crippen LogP) is 3.09. The van der Waals surface area contributed by atoms with E-state index in [2.05, 4.69) is 25.7 Å². The molecule has 1 amide bonds. The first-order valence-electron chi connectivity index (χ1n) is 7.67. The molecule has 0 spiro atoms. The fourth-order valence-corrected chi connectivity index (χ4v) is 3.02. The molecule has 0 unspecified atom stereocenters. The van der Waals surface area contributed by atoms with Gasteiger partial charge in [-0.15, -0.1) is 10.2 Å². The number of rotatable bonds is 5. The molecule has 0 atom stereocenters. The molecule has 0 saturated carbocycles. The van der Waals surface area contributed by atoms with E-state index < -0.39 is 17.6 Å². The molecule has 0 saturated heterocycles. The molecule has 0 radical (unpaired) electrons. The van der Waals surface area contributed by atoms with Crippen molar-refractivity contribution < 1.29 is 18.0 Å². The standard InChI is InChI=1S/C15H13ClF3N7OS/c1-7-4-11(23-22-7)13-24-25-14(26(13)20)28-6-12(27)21-10-5-8(15(17,18)19)2-3-9(10)16/h2-5H,6,20H2,1H3,(H,21,27)(H,22,23). The van der Waals surface area contributed by atoms with Crippen molar-refractivity contribution >= 4 is 35.0 Å². The Kier molecular flexibility index (Phi) is 5.52. The Balaban J connectivity index is 1.66. The largest absolute Gasteiger partial charge is 0.416 e. The zero-order valence-electron chi connectivity index (χ0n) is 14.2. The van der Waals surface area contributed by atoms with Crippen molar-refractivity contribution in [1.29, 1.82) is 0 Å². The maximum Gasteiger partial charge on any atom is 0.416 e. The van der Waals surface area contributed by atoms with Gasteiger partial charge in [-0.25, -0.2) is 4.68 Å². The van der Waals surface area contributed by atoms with E-state index in [1.54, 1.807) is 6.07 Å². The van der Waals surface area contributed by atoms with Gasteiger partial charge in [-0.05, 0) is 31.2 Å². The first-order valence-corrected chi connectivity index (χ1v) is 9.04. The van der Waals surface area contributed by atoms with Gasteiger partial charge in [0.1, 0.15) is 5.69 Å². The summed E-state index contributed by atoms with van der Waals surface area (Å²) in [4.78, 5) is 12.1. The first-order chi connectivity index (χ1) is 13.1. The van der Waals surface area contributed by atoms with Gasteiger partial charge in [0.25, 0.3) is 0 Å². The number of benzene rings is 1. The molecule has 0 fully saturated rings. The Morgan fingerprint density at radius 3 is 2.75 bits per heavy atom. The van der Waals surface area contributed by atoms with E-state index in [1.165, 1.54) is 4.68 Å². The molecule has 8 nitrogen and oxygen atoms in total. The molecule has 1 aromatic carbocycles. The minimum Gasteiger partial charge on any atom is -0.335 e. The number of H-pyrrole nitrogens is 1. The zero-order valence-corrected chi connectivity index (χ0v) is 15.8. The maximum absolute atomic E-state index is 12.8. The molecule has 13 heteroatoms. The second-order valence-corrected chi connectivity index (χ2v) is 6.99. The van der Waals surface area contributed by atoms with Crippen LogP contribution < -0.4 is 11.2 Å². The summed E-state index contributed by atoms with van der Waals surface area (Å²) in [6.07, 6.45) is -4.55. The normalized spacial score (nSPS) is 11.6. The van der Waals surface area contributed by atoms with E-state index in [0.29, 0.717) is 11.5 Å². The average molecular weight is 432 g/mol. The number of hydrogen-bond acceptors (Lipinski definition) is 6. The lowest BCUT2D eigenvalue weighted by atomic mass is 10.2. The smallest absolute Gasteiger partial charge is 0.335 e. The van der Waals surface area contributed by atoms with Crippen molar-refractivity contribution in [3.8, 4) is 11.5 Å². The van der Waals surface area contributed by atoms with Gasteiger partial charge in [-0.3, -0.25) is 9.89 Å². The Labute approximate surface area is 165 Å². The minimum absolute atomic E-state index is 0.00969. The average Bonchev–Trinajstić information content (AvgIpc) is 3.19. The van der Waals surface area contributed by atoms with Gasteiger partial charge < -0.3 is 11.2 Å². The molecule has 3 rings (SSSR count). The molecule has 0 aliphatic rings. The Bertz CT molecular complexity index is 1020. The number of nitrogens with two attached hydrogens (primary N) is 1. The van der Waals surface area contributed by atoms with Crippen molar-refractivity contribution in [2.75, 3.05) is 16.9 Å². The van der Waals surface area contributed by atoms with Crippen LogP contribution in [0, 0.1) is 6.92 Å². The number of aromatic amines is 1. The van der Waals surface area contributed by atoms with Crippen LogP contribution in [0.3, 0.4) is 0 Å². The van der Waals surface area contributed by atoms with E-state index in [0.717, 1.165) is 35.7 Å². The summed E-state index contributed by atoms with van der Waals surface area (Å²) in [6.45, 7) is 1.81. The number of carbonyl (C=O) groups is 1. The molecule has 0 aliphatic carbocycles. The van der Waals surface area contributed by atoms with Crippen LogP contribution in [-0.2, 0) is 11.0 Å². The molecule has 0 bridgehead atoms. The summed E-state index contributed by atoms with van der Waals surface area (Å²) < 4.78 is 39.6. The quantitative estimate of drug-likeness (QED) is 0.422. The number of nitrogens with zero attached hydrogens (tertiary/aromatic N) is 4. The van der Waals surface area contributed by atoms with Gasteiger partial charge in [-0.2, -0.15) is 18.3 Å². The number of aryl methyl sites for hydroxylation is 1. The van der Waals surface area contributed by atoms with E-state index in [9.17, 15) is 18.0 Å². The first kappa shape index (κ1) is 20.0. The zero-order chi connectivity index (χ0) is 20.5. The number of nitrogens with one attached hydrogen (secondary N) is 2. The van der Waals surface area contributed by atoms with Gasteiger partial charge >= 0.3 is 6.18 Å². The highest BCUT2D eigenvalue weighted by atomic mass is 35.5. The van der Waals surface area contributed by atoms with Crippen molar-refractivity contribution in [1.82, 2.24) is 25.1 Å². The monoisotopic (exact) mass is 431 g/mol. The molecule has 28 heavy (non-hydrogen) atoms. The van der Waals surface area contributed by atoms with Crippen LogP contribution in [0.15, 0.2) is 29.4 Å². The fourth-order valence-electron chi connectivity index (χ4n) is 2.20. The summed E-state index contributed by atoms with van der Waals surface area (Å²) in [6, 6.07) is 4.40. The van der Waals surface area contributed by atoms with Crippen LogP contribution in [0.25, 0.3) is 11.5 Å². The fraction of sp³-hybridized carbons (Fsp3) is 0.200. The van der Waals surface area contributed by atoms with Crippen LogP contribution in [0.2, 0.25) is 5.02 Å². The van der Waals surface area contributed by atoms with Crippen LogP contribution in [-0.4, -0.2) is 36.7 Å². The molecule has 2 heterocycles. The number of amides is 1. The number of halogens is 4. The summed E-state index contributed by atoms with van der Waals surface area (Å²) >= 11 is 6.82. The van der Waals surface area contributed by atoms with Crippen molar-refractivity contribution in [3.05, 3.63) is 40.5 Å². The van der Waals surface area contributed by atoms with Crippen molar-refractivity contribution in [2.24, 2.45) is 0 Å². The molecule has 148 valence electrons. The number of nitrogen functional groups attached to an aromatic ring is 1. The van der Waals surface area contributed by atoms with Crippen molar-refractivity contribution in [3.63, 3.8) is 0 Å². The lowest BCUT2D eigenvalue weighted by molar-refractivity contribution is -0.137. The van der Waals surface area contributed by atoms with Crippen molar-refractivity contribution in [2.45, 2.75) is 18.3 Å². The molecular formula is C15H13ClF3N7OS. The van der Waals surface area contributed by atoms with Crippen LogP contribution in [0.4, 0.5) is 18.9 Å². The third kappa shape index (κ3) is 4.39. The van der Waals surface area contributed by atoms with E-state index >= 15 is 0 Å². The number of carbonyl (C=O) groups excluding carboxylic acids is 1. The highest BCUT2D eigenvalue weighted by Crippen LogP contribution is 2.34. The lowest BCUT2D eigenvalue weighted by Gasteiger charge is -2.11. The maximum atomic E-state index is 12.8. The second-order valence-electron chi connectivity index (χ2n) is 5.64. The topological polar surface area (TPSA) is 115 Å². The SMILES string of the molecule is Cc1cc(-c2nnc(SCC(=O)Nc3cc(C(F)(F)F)ccc3Cl)n2N)n[nH]1. The van der Waals surface area contributed by atoms with Gasteiger partial charge in [0.15, 0.2) is 0 Å². The van der Waals surface area contributed by atoms with Gasteiger partial charge in [-0.1, -0.05) is 23.4 Å². The summed E-state index contributed by atoms with van der Waals surface area (Å²) in [5.74, 6) is 5.47. The molecular weight excluding hydrogens is 419 g/mol. The summed E-state index contributed by atoms with van der Waals surface area (Å²) in [7, 11) is 0. The number of thioether (sulfide) groups is 1. The highest BCUT2D eigenvalue weighted by molar-refractivity contribution is 7.99. The summed E-state index contributed by atoms with van der Waals surface area (Å²) in [5.41, 5.74) is 0.244. The van der Waals surface area contributed by atoms with Gasteiger partial charge in [0.05, 0.1) is 22.0 Å². The lowest BCUT2D eigenvalue weighted by Crippen LogP contribution is -2.17. The van der Waals surface area contributed by atoms with Crippen LogP contribution in [0.1, 0.15) is 11.3 Å². The number of hydrogen-bond donors (Lipinski definition) is 3. The van der Waals surface area contributed by atoms with Gasteiger partial charge in [0.2, 0.25) is 16.9 Å². The molecule has 0 aliphatic heterocycles. The van der Waals surface area contributed by atoms with E-state index in [1.807, 2.05) is 6.92 Å². The third-order valence-electron chi connectivity index (χ3n) is 3.50. The van der Waals surface area contributed by atoms with Crippen LogP contribution in [0.5, 0.6) is 0 Å². The van der Waals surface area contributed by atoms with E-state index in [-0.39, 0.29) is 21.6 Å². The number of alkyl halides is 3. The second kappa shape index (κ2) is 7.72. The minimum atomic E-state index is -4.55. The molecule has 4 N–H and O–H groups in total. The Hall–Kier alpha value is -2.73. The Morgan fingerprint density at radius 2 is 2.11 bits per heavy atom. The summed E-state index contributed by atoms with van der Waals surface area (Å²) in [5, 5.41) is 17.2. The predicted molar refractivity (Wildman–Crippen MR) is 98.3 cm³/mol. The van der Waals surface area contributed by atoms with E-state index in [4.69, 9.17) is 17.4 Å². The van der Waals surface area contributed by atoms with Crippen LogP contribution >= 0.6 is 23.4 Å². The van der Waals surface area contributed by atoms with Gasteiger partial charge in [0, 0.05) is 5.69 Å². The third-order valence-corrected chi connectivity index (χ3v) is 4.77.